The van der Waals surface area contributed by atoms with E-state index in [4.69, 9.17) is 11.5 Å². The molecule has 1 aromatic rings. The summed E-state index contributed by atoms with van der Waals surface area (Å²) in [5.41, 5.74) is 12.1. The Balaban J connectivity index is 2.91. The molecule has 90 valence electrons. The summed E-state index contributed by atoms with van der Waals surface area (Å²) in [6.07, 6.45) is 1.92. The maximum atomic E-state index is 11.4. The molecule has 0 aromatic heterocycles. The van der Waals surface area contributed by atoms with Crippen molar-refractivity contribution in [3.63, 3.8) is 0 Å². The summed E-state index contributed by atoms with van der Waals surface area (Å²) in [7, 11) is -3.14. The highest BCUT2D eigenvalue weighted by molar-refractivity contribution is 7.90. The first kappa shape index (κ1) is 13.2. The maximum absolute atomic E-state index is 11.4. The van der Waals surface area contributed by atoms with Gasteiger partial charge >= 0.3 is 0 Å². The van der Waals surface area contributed by atoms with Crippen LogP contribution in [0.25, 0.3) is 0 Å². The van der Waals surface area contributed by atoms with Crippen molar-refractivity contribution < 1.29 is 8.42 Å². The van der Waals surface area contributed by atoms with E-state index in [2.05, 4.69) is 0 Å². The molecule has 1 rings (SSSR count). The van der Waals surface area contributed by atoms with Gasteiger partial charge in [-0.25, -0.2) is 8.42 Å². The summed E-state index contributed by atoms with van der Waals surface area (Å²) >= 11 is 0. The summed E-state index contributed by atoms with van der Waals surface area (Å²) in [6.45, 7) is 1.03. The Bertz CT molecular complexity index is 439. The molecule has 4 nitrogen and oxygen atoms in total. The molecule has 0 spiro atoms. The van der Waals surface area contributed by atoms with Gasteiger partial charge in [-0.2, -0.15) is 0 Å². The molecule has 0 atom stereocenters. The Kier molecular flexibility index (Phi) is 4.46. The van der Waals surface area contributed by atoms with Crippen molar-refractivity contribution in [2.24, 2.45) is 17.4 Å². The van der Waals surface area contributed by atoms with E-state index in [-0.39, 0.29) is 5.92 Å². The van der Waals surface area contributed by atoms with Gasteiger partial charge in [-0.15, -0.1) is 0 Å². The average Bonchev–Trinajstić information content (AvgIpc) is 2.25. The molecule has 0 aliphatic carbocycles. The van der Waals surface area contributed by atoms with Gasteiger partial charge in [0.05, 0.1) is 4.90 Å². The minimum atomic E-state index is -3.14. The Morgan fingerprint density at radius 1 is 1.25 bits per heavy atom. The predicted molar refractivity (Wildman–Crippen MR) is 64.9 cm³/mol. The van der Waals surface area contributed by atoms with Gasteiger partial charge in [-0.05, 0) is 43.1 Å². The number of rotatable bonds is 5. The molecule has 0 radical (unpaired) electrons. The van der Waals surface area contributed by atoms with Crippen LogP contribution in [0.4, 0.5) is 0 Å². The molecule has 5 heteroatoms. The van der Waals surface area contributed by atoms with Crippen LogP contribution in [0.3, 0.4) is 0 Å². The number of sulfone groups is 1. The van der Waals surface area contributed by atoms with E-state index >= 15 is 0 Å². The van der Waals surface area contributed by atoms with E-state index in [9.17, 15) is 8.42 Å². The molecular formula is C11H18N2O2S. The minimum Gasteiger partial charge on any atom is -0.330 e. The van der Waals surface area contributed by atoms with Crippen LogP contribution >= 0.6 is 0 Å². The zero-order chi connectivity index (χ0) is 12.2. The van der Waals surface area contributed by atoms with Crippen LogP contribution in [0, 0.1) is 5.92 Å². The van der Waals surface area contributed by atoms with Crippen molar-refractivity contribution in [2.75, 3.05) is 19.3 Å². The van der Waals surface area contributed by atoms with Crippen LogP contribution < -0.4 is 11.5 Å². The topological polar surface area (TPSA) is 86.2 Å². The summed E-state index contributed by atoms with van der Waals surface area (Å²) in [5, 5.41) is 0. The number of nitrogens with two attached hydrogens (primary N) is 2. The zero-order valence-electron chi connectivity index (χ0n) is 9.39. The van der Waals surface area contributed by atoms with Gasteiger partial charge in [0.1, 0.15) is 0 Å². The van der Waals surface area contributed by atoms with Gasteiger partial charge in [0.25, 0.3) is 0 Å². The molecule has 16 heavy (non-hydrogen) atoms. The predicted octanol–water partition coefficient (Wildman–Crippen LogP) is 0.166. The molecule has 0 amide bonds. The molecule has 0 aliphatic heterocycles. The smallest absolute Gasteiger partial charge is 0.175 e. The van der Waals surface area contributed by atoms with Crippen LogP contribution in [-0.2, 0) is 16.3 Å². The zero-order valence-corrected chi connectivity index (χ0v) is 10.2. The minimum absolute atomic E-state index is 0.204. The quantitative estimate of drug-likeness (QED) is 0.770. The summed E-state index contributed by atoms with van der Waals surface area (Å²) in [4.78, 5) is 0.345. The van der Waals surface area contributed by atoms with Gasteiger partial charge in [0.15, 0.2) is 9.84 Å². The lowest BCUT2D eigenvalue weighted by atomic mass is 10.00. The second-order valence-corrected chi connectivity index (χ2v) is 5.98. The fourth-order valence-corrected chi connectivity index (χ4v) is 2.19. The molecule has 0 fully saturated rings. The molecule has 0 unspecified atom stereocenters. The summed E-state index contributed by atoms with van der Waals surface area (Å²) in [5.74, 6) is 0.204. The first-order valence-corrected chi connectivity index (χ1v) is 7.05. The van der Waals surface area contributed by atoms with Crippen molar-refractivity contribution >= 4 is 9.84 Å². The highest BCUT2D eigenvalue weighted by atomic mass is 32.2. The standard InChI is InChI=1S/C11H18N2O2S/c1-16(14,15)11-4-2-3-9(6-11)5-10(7-12)8-13/h2-4,6,10H,5,7-8,12-13H2,1H3. The lowest BCUT2D eigenvalue weighted by Crippen LogP contribution is -2.25. The van der Waals surface area contributed by atoms with Crippen LogP contribution in [0.1, 0.15) is 5.56 Å². The van der Waals surface area contributed by atoms with Crippen LogP contribution in [-0.4, -0.2) is 27.8 Å². The highest BCUT2D eigenvalue weighted by Crippen LogP contribution is 2.14. The van der Waals surface area contributed by atoms with E-state index in [0.717, 1.165) is 12.0 Å². The summed E-state index contributed by atoms with van der Waals surface area (Å²) in [6, 6.07) is 6.93. The largest absolute Gasteiger partial charge is 0.330 e. The molecule has 0 aliphatic rings. The normalized spacial score (nSPS) is 12.0. The first-order chi connectivity index (χ1) is 7.47. The van der Waals surface area contributed by atoms with E-state index in [1.807, 2.05) is 6.07 Å². The number of hydrogen-bond acceptors (Lipinski definition) is 4. The van der Waals surface area contributed by atoms with Gasteiger partial charge in [-0.1, -0.05) is 12.1 Å². The van der Waals surface area contributed by atoms with Crippen LogP contribution in [0.5, 0.6) is 0 Å². The molecule has 0 saturated carbocycles. The monoisotopic (exact) mass is 242 g/mol. The number of benzene rings is 1. The van der Waals surface area contributed by atoms with Crippen LogP contribution in [0.15, 0.2) is 29.2 Å². The van der Waals surface area contributed by atoms with Crippen molar-refractivity contribution in [3.05, 3.63) is 29.8 Å². The molecule has 0 saturated heterocycles. The third-order valence-corrected chi connectivity index (χ3v) is 3.63. The Morgan fingerprint density at radius 3 is 2.38 bits per heavy atom. The Morgan fingerprint density at radius 2 is 1.88 bits per heavy atom. The lowest BCUT2D eigenvalue weighted by molar-refractivity contribution is 0.547. The second kappa shape index (κ2) is 5.43. The van der Waals surface area contributed by atoms with Crippen molar-refractivity contribution in [2.45, 2.75) is 11.3 Å². The van der Waals surface area contributed by atoms with Crippen molar-refractivity contribution in [3.8, 4) is 0 Å². The third-order valence-electron chi connectivity index (χ3n) is 2.52. The van der Waals surface area contributed by atoms with E-state index in [1.54, 1.807) is 18.2 Å². The lowest BCUT2D eigenvalue weighted by Gasteiger charge is -2.12. The van der Waals surface area contributed by atoms with E-state index in [1.165, 1.54) is 6.26 Å². The van der Waals surface area contributed by atoms with Gasteiger partial charge < -0.3 is 11.5 Å². The molecule has 0 heterocycles. The molecular weight excluding hydrogens is 224 g/mol. The van der Waals surface area contributed by atoms with E-state index in [0.29, 0.717) is 18.0 Å². The van der Waals surface area contributed by atoms with Crippen molar-refractivity contribution in [1.82, 2.24) is 0 Å². The fraction of sp³-hybridized carbons (Fsp3) is 0.455. The first-order valence-electron chi connectivity index (χ1n) is 5.16. The van der Waals surface area contributed by atoms with Gasteiger partial charge in [-0.3, -0.25) is 0 Å². The highest BCUT2D eigenvalue weighted by Gasteiger charge is 2.10. The number of hydrogen-bond donors (Lipinski definition) is 2. The summed E-state index contributed by atoms with van der Waals surface area (Å²) < 4.78 is 22.7. The molecule has 0 bridgehead atoms. The Hall–Kier alpha value is -0.910. The Labute approximate surface area is 96.6 Å². The van der Waals surface area contributed by atoms with Gasteiger partial charge in [0, 0.05) is 6.26 Å². The SMILES string of the molecule is CS(=O)(=O)c1cccc(CC(CN)CN)c1. The maximum Gasteiger partial charge on any atom is 0.175 e. The van der Waals surface area contributed by atoms with Crippen LogP contribution in [0.2, 0.25) is 0 Å². The van der Waals surface area contributed by atoms with Gasteiger partial charge in [0.2, 0.25) is 0 Å². The molecule has 4 N–H and O–H groups in total. The third kappa shape index (κ3) is 3.59. The second-order valence-electron chi connectivity index (χ2n) is 3.96. The average molecular weight is 242 g/mol. The van der Waals surface area contributed by atoms with E-state index < -0.39 is 9.84 Å². The fourth-order valence-electron chi connectivity index (χ4n) is 1.50. The molecule has 1 aromatic carbocycles. The van der Waals surface area contributed by atoms with Crippen molar-refractivity contribution in [1.29, 1.82) is 0 Å².